The van der Waals surface area contributed by atoms with Gasteiger partial charge in [-0.1, -0.05) is 274 Å². The Morgan fingerprint density at radius 3 is 0.723 bits per heavy atom. The normalized spacial score (nSPS) is 11.4. The molecule has 0 amide bonds. The maximum absolute atomic E-state index is 2.35. The van der Waals surface area contributed by atoms with E-state index in [-0.39, 0.29) is 46.5 Å². The summed E-state index contributed by atoms with van der Waals surface area (Å²) in [5.74, 6) is 0. The zero-order chi connectivity index (χ0) is 77.5. The van der Waals surface area contributed by atoms with Crippen LogP contribution in [0.15, 0.2) is 352 Å². The van der Waals surface area contributed by atoms with Crippen LogP contribution in [0.5, 0.6) is 0 Å². The van der Waals surface area contributed by atoms with E-state index in [1.165, 1.54) is 163 Å². The maximum atomic E-state index is 2.35. The van der Waals surface area contributed by atoms with Crippen molar-refractivity contribution in [2.24, 2.45) is 0 Å². The Labute approximate surface area is 708 Å². The van der Waals surface area contributed by atoms with E-state index in [9.17, 15) is 0 Å². The Morgan fingerprint density at radius 1 is 0.223 bits per heavy atom. The van der Waals surface area contributed by atoms with E-state index in [0.29, 0.717) is 0 Å². The molecular formula is C106H100Cl2Si2Zr2-2. The van der Waals surface area contributed by atoms with Crippen LogP contribution < -0.4 is 45.6 Å². The first-order valence-electron chi connectivity index (χ1n) is 38.7. The van der Waals surface area contributed by atoms with Crippen LogP contribution in [0.4, 0.5) is 0 Å². The predicted octanol–water partition coefficient (Wildman–Crippen LogP) is 20.7. The van der Waals surface area contributed by atoms with Crippen LogP contribution in [0.25, 0.3) is 108 Å². The number of benzene rings is 14. The molecule has 0 radical (unpaired) electrons. The van der Waals surface area contributed by atoms with Gasteiger partial charge in [-0.25, -0.2) is 0 Å². The fourth-order valence-electron chi connectivity index (χ4n) is 14.7. The molecule has 0 saturated heterocycles. The number of hydrogen-bond donors (Lipinski definition) is 0. The molecule has 6 heteroatoms. The van der Waals surface area contributed by atoms with Gasteiger partial charge in [0.25, 0.3) is 0 Å². The van der Waals surface area contributed by atoms with Crippen molar-refractivity contribution in [3.05, 3.63) is 385 Å². The van der Waals surface area contributed by atoms with Crippen molar-refractivity contribution in [3.63, 3.8) is 0 Å². The summed E-state index contributed by atoms with van der Waals surface area (Å²) in [5, 5.41) is 27.6. The first-order chi connectivity index (χ1) is 52.7. The van der Waals surface area contributed by atoms with E-state index >= 15 is 0 Å². The second-order valence-corrected chi connectivity index (χ2v) is 44.6. The minimum atomic E-state index is -0.455. The minimum absolute atomic E-state index is 0. The molecule has 0 unspecified atom stereocenters. The fourth-order valence-corrected chi connectivity index (χ4v) is 22.4. The topological polar surface area (TPSA) is 0 Å². The van der Waals surface area contributed by atoms with Gasteiger partial charge in [0.15, 0.2) is 0 Å². The van der Waals surface area contributed by atoms with Gasteiger partial charge in [0.05, 0.1) is 0 Å². The molecule has 18 aromatic rings. The molecule has 0 atom stereocenters. The standard InChI is InChI=1S/2C21H25.2C20H15.2C12H10Si.2ClH.2Zr/c2*1-20(2,3)16-7-9-18-14(12-16)11-15-13-17(21(4,5)6)8-10-19(15)18;2*1-14-10-11-19(20-9-5-4-8-18(14)20)17-12-15-6-2-3-7-16(15)13-17;2*1-3-7-11(8-4-1)13-12-9-5-2-6-10-12;;;;/h2*7-13H,1-6H3;2*2-13H,1H3;2*1-10H;2*1H;;/q4*-1;;;;;2*+2/p-2. The van der Waals surface area contributed by atoms with Crippen LogP contribution in [0.1, 0.15) is 116 Å². The number of halogens is 2. The molecule has 0 spiro atoms. The molecule has 0 aromatic heterocycles. The SMILES string of the molecule is CC(C)(C)c1ccc2c(c1)[cH-]c1cc(C(C)(C)C)ccc12.CC(C)(C)c1ccc2c(c1)[cH-]c1cc(C(C)(C)C)ccc12.Cc1ccc(-c2cc3ccccc3[cH-]2)c2ccccc12.Cc1ccc(-c2cc3ccccc3[cH-]2)c2ccccc12.[Cl-].[Cl-].[Zr+2]=[Si](c1ccccc1)c1ccccc1.[Zr+2]=[Si](c1ccccc1)c1ccccc1. The van der Waals surface area contributed by atoms with Crippen LogP contribution in [0.2, 0.25) is 0 Å². The molecule has 112 heavy (non-hydrogen) atoms. The molecule has 556 valence electrons. The summed E-state index contributed by atoms with van der Waals surface area (Å²) < 4.78 is 0. The molecule has 0 saturated carbocycles. The third-order valence-electron chi connectivity index (χ3n) is 21.3. The molecule has 0 aliphatic carbocycles. The third-order valence-corrected chi connectivity index (χ3v) is 33.4. The second kappa shape index (κ2) is 36.7. The van der Waals surface area contributed by atoms with Gasteiger partial charge in [-0.05, 0) is 68.2 Å². The molecule has 0 fully saturated rings. The summed E-state index contributed by atoms with van der Waals surface area (Å²) in [6.07, 6.45) is 0. The van der Waals surface area contributed by atoms with Gasteiger partial charge >= 0.3 is 200 Å². The molecular weight excluding hydrogens is 1580 g/mol. The first kappa shape index (κ1) is 84.3. The average molecular weight is 1680 g/mol. The van der Waals surface area contributed by atoms with Crippen LogP contribution in [0.3, 0.4) is 0 Å². The number of fused-ring (bicyclic) bond motifs is 10. The van der Waals surface area contributed by atoms with Crippen LogP contribution in [0, 0.1) is 13.8 Å². The molecule has 0 N–H and O–H groups in total. The summed E-state index contributed by atoms with van der Waals surface area (Å²) in [6.45, 7) is 31.6. The van der Waals surface area contributed by atoms with Crippen molar-refractivity contribution < 1.29 is 71.5 Å². The van der Waals surface area contributed by atoms with Crippen LogP contribution >= 0.6 is 0 Å². The monoisotopic (exact) mass is 1680 g/mol. The van der Waals surface area contributed by atoms with Crippen molar-refractivity contribution in [3.8, 4) is 22.3 Å². The van der Waals surface area contributed by atoms with Crippen molar-refractivity contribution in [2.75, 3.05) is 0 Å². The van der Waals surface area contributed by atoms with E-state index in [1.54, 1.807) is 46.7 Å². The van der Waals surface area contributed by atoms with E-state index in [4.69, 9.17) is 0 Å². The molecule has 0 nitrogen and oxygen atoms in total. The summed E-state index contributed by atoms with van der Waals surface area (Å²) in [5.41, 5.74) is 13.4. The van der Waals surface area contributed by atoms with Gasteiger partial charge in [-0.15, -0.1) is 149 Å². The molecule has 0 heterocycles. The van der Waals surface area contributed by atoms with Crippen molar-refractivity contribution >= 4 is 118 Å². The summed E-state index contributed by atoms with van der Waals surface area (Å²) >= 11 is 3.29. The van der Waals surface area contributed by atoms with Crippen molar-refractivity contribution in [1.29, 1.82) is 0 Å². The predicted molar refractivity (Wildman–Crippen MR) is 479 cm³/mol. The first-order valence-corrected chi connectivity index (χ1v) is 49.1. The van der Waals surface area contributed by atoms with Crippen molar-refractivity contribution in [1.82, 2.24) is 0 Å². The van der Waals surface area contributed by atoms with Crippen LogP contribution in [-0.4, -0.2) is 10.9 Å². The second-order valence-electron chi connectivity index (χ2n) is 33.4. The zero-order valence-corrected chi connectivity index (χ0v) is 75.7. The Morgan fingerprint density at radius 2 is 0.464 bits per heavy atom. The van der Waals surface area contributed by atoms with E-state index in [1.807, 2.05) is 0 Å². The Bertz CT molecular complexity index is 5570. The molecule has 0 aliphatic rings. The van der Waals surface area contributed by atoms with Gasteiger partial charge in [-0.3, -0.25) is 0 Å². The quantitative estimate of drug-likeness (QED) is 0.115. The van der Waals surface area contributed by atoms with E-state index in [2.05, 4.69) is 449 Å². The van der Waals surface area contributed by atoms with Crippen molar-refractivity contribution in [2.45, 2.75) is 119 Å². The molecule has 0 bridgehead atoms. The molecule has 0 aliphatic heterocycles. The number of hydrogen-bond acceptors (Lipinski definition) is 0. The Kier molecular flexibility index (Phi) is 27.6. The molecule has 18 aromatic carbocycles. The summed E-state index contributed by atoms with van der Waals surface area (Å²) in [6, 6.07) is 128. The number of aryl methyl sites for hydroxylation is 2. The van der Waals surface area contributed by atoms with E-state index < -0.39 is 10.9 Å². The van der Waals surface area contributed by atoms with Gasteiger partial charge in [0, 0.05) is 0 Å². The number of rotatable bonds is 6. The fraction of sp³-hybridized carbons (Fsp3) is 0.170. The van der Waals surface area contributed by atoms with Gasteiger partial charge in [-0.2, -0.15) is 0 Å². The van der Waals surface area contributed by atoms with Gasteiger partial charge in [0.2, 0.25) is 0 Å². The van der Waals surface area contributed by atoms with E-state index in [0.717, 1.165) is 0 Å². The summed E-state index contributed by atoms with van der Waals surface area (Å²) in [4.78, 5) is 0. The summed E-state index contributed by atoms with van der Waals surface area (Å²) in [7, 11) is 0. The Balaban J connectivity index is 0.000000133. The molecule has 18 rings (SSSR count). The Hall–Kier alpha value is -8.66. The average Bonchev–Trinajstić information content (AvgIpc) is 1.57. The van der Waals surface area contributed by atoms with Crippen LogP contribution in [-0.2, 0) is 68.3 Å². The third kappa shape index (κ3) is 20.1. The van der Waals surface area contributed by atoms with Gasteiger partial charge < -0.3 is 24.8 Å². The zero-order valence-electron chi connectivity index (χ0n) is 67.2. The van der Waals surface area contributed by atoms with Gasteiger partial charge in [0.1, 0.15) is 0 Å².